The maximum Gasteiger partial charge on any atom is 0.338 e. The van der Waals surface area contributed by atoms with Crippen molar-refractivity contribution >= 4 is 29.1 Å². The quantitative estimate of drug-likeness (QED) is 0.476. The number of aromatic nitrogens is 3. The summed E-state index contributed by atoms with van der Waals surface area (Å²) >= 11 is 5.06. The summed E-state index contributed by atoms with van der Waals surface area (Å²) in [5.41, 5.74) is 1.88. The van der Waals surface area contributed by atoms with Crippen LogP contribution in [0.2, 0.25) is 0 Å². The van der Waals surface area contributed by atoms with Crippen molar-refractivity contribution in [2.24, 2.45) is 0 Å². The predicted octanol–water partition coefficient (Wildman–Crippen LogP) is 3.28. The molecule has 3 aromatic rings. The Hall–Kier alpha value is -3.13. The molecule has 0 spiro atoms. The number of hydrogen-bond acceptors (Lipinski definition) is 5. The highest BCUT2D eigenvalue weighted by molar-refractivity contribution is 7.71. The van der Waals surface area contributed by atoms with Crippen LogP contribution in [0.1, 0.15) is 30.9 Å². The molecule has 3 heterocycles. The minimum Gasteiger partial charge on any atom is -0.463 e. The Morgan fingerprint density at radius 1 is 1.30 bits per heavy atom. The van der Waals surface area contributed by atoms with Gasteiger partial charge >= 0.3 is 5.97 Å². The number of nitrogens with one attached hydrogen (secondary N) is 3. The Bertz CT molecular complexity index is 1200. The van der Waals surface area contributed by atoms with Gasteiger partial charge in [-0.2, -0.15) is 0 Å². The van der Waals surface area contributed by atoms with Gasteiger partial charge in [0.2, 0.25) is 5.88 Å². The van der Waals surface area contributed by atoms with Gasteiger partial charge in [0, 0.05) is 17.1 Å². The standard InChI is InChI=1S/C19H17N3O4S/c1-3-25-18(24)13-9(2)26-17-15(16(23)21-19(27)22-17)14(13)11-8-20-12-7-5-4-6-10(11)12/h4-8,14,20H,3H2,1-2H3,(H2,21,22,23,27). The van der Waals surface area contributed by atoms with E-state index < -0.39 is 17.4 Å². The molecule has 0 saturated carbocycles. The molecule has 1 aliphatic rings. The van der Waals surface area contributed by atoms with E-state index in [1.807, 2.05) is 24.3 Å². The zero-order chi connectivity index (χ0) is 19.1. The molecule has 4 rings (SSSR count). The van der Waals surface area contributed by atoms with Crippen molar-refractivity contribution in [3.05, 3.63) is 68.0 Å². The van der Waals surface area contributed by atoms with Crippen LogP contribution in [0.25, 0.3) is 10.9 Å². The SMILES string of the molecule is CCOC(=O)C1=C(C)Oc2[nH]c(=S)[nH]c(=O)c2C1c1c[nH]c2ccccc12. The van der Waals surface area contributed by atoms with E-state index in [9.17, 15) is 9.59 Å². The highest BCUT2D eigenvalue weighted by atomic mass is 32.1. The molecule has 0 radical (unpaired) electrons. The summed E-state index contributed by atoms with van der Waals surface area (Å²) in [5, 5.41) is 0.909. The molecule has 8 heteroatoms. The number of rotatable bonds is 3. The Kier molecular flexibility index (Phi) is 4.19. The zero-order valence-corrected chi connectivity index (χ0v) is 15.5. The van der Waals surface area contributed by atoms with Gasteiger partial charge in [-0.25, -0.2) is 4.79 Å². The van der Waals surface area contributed by atoms with E-state index in [2.05, 4.69) is 15.0 Å². The number of H-pyrrole nitrogens is 3. The second-order valence-corrected chi connectivity index (χ2v) is 6.57. The summed E-state index contributed by atoms with van der Waals surface area (Å²) in [7, 11) is 0. The average Bonchev–Trinajstić information content (AvgIpc) is 3.04. The van der Waals surface area contributed by atoms with Crippen LogP contribution >= 0.6 is 12.2 Å². The molecule has 138 valence electrons. The molecule has 0 aliphatic carbocycles. The largest absolute Gasteiger partial charge is 0.463 e. The van der Waals surface area contributed by atoms with Crippen LogP contribution in [0, 0.1) is 4.77 Å². The van der Waals surface area contributed by atoms with Crippen LogP contribution in [0.4, 0.5) is 0 Å². The Labute approximate surface area is 159 Å². The van der Waals surface area contributed by atoms with E-state index in [0.29, 0.717) is 16.9 Å². The van der Waals surface area contributed by atoms with Crippen molar-refractivity contribution in [1.82, 2.24) is 15.0 Å². The fraction of sp³-hybridized carbons (Fsp3) is 0.211. The third-order valence-corrected chi connectivity index (χ3v) is 4.79. The summed E-state index contributed by atoms with van der Waals surface area (Å²) in [5.74, 6) is -0.561. The van der Waals surface area contributed by atoms with Gasteiger partial charge in [0.15, 0.2) is 4.77 Å². The maximum absolute atomic E-state index is 12.8. The van der Waals surface area contributed by atoms with Gasteiger partial charge in [0.1, 0.15) is 5.76 Å². The third kappa shape index (κ3) is 2.78. The number of carbonyl (C=O) groups is 1. The van der Waals surface area contributed by atoms with Crippen molar-refractivity contribution in [1.29, 1.82) is 0 Å². The highest BCUT2D eigenvalue weighted by Crippen LogP contribution is 2.43. The van der Waals surface area contributed by atoms with Gasteiger partial charge in [-0.1, -0.05) is 18.2 Å². The number of esters is 1. The molecular formula is C19H17N3O4S. The minimum absolute atomic E-state index is 0.156. The fourth-order valence-electron chi connectivity index (χ4n) is 3.49. The lowest BCUT2D eigenvalue weighted by atomic mass is 9.83. The lowest BCUT2D eigenvalue weighted by Gasteiger charge is -2.27. The van der Waals surface area contributed by atoms with E-state index in [1.54, 1.807) is 20.0 Å². The zero-order valence-electron chi connectivity index (χ0n) is 14.7. The van der Waals surface area contributed by atoms with E-state index in [-0.39, 0.29) is 17.3 Å². The van der Waals surface area contributed by atoms with Gasteiger partial charge < -0.3 is 19.4 Å². The minimum atomic E-state index is -0.653. The maximum atomic E-state index is 12.8. The molecule has 1 atom stereocenters. The second kappa shape index (κ2) is 6.55. The molecule has 1 aliphatic heterocycles. The van der Waals surface area contributed by atoms with E-state index in [1.165, 1.54) is 0 Å². The first-order valence-corrected chi connectivity index (χ1v) is 8.90. The molecule has 2 aromatic heterocycles. The molecule has 7 nitrogen and oxygen atoms in total. The number of allylic oxidation sites excluding steroid dienone is 1. The molecule has 3 N–H and O–H groups in total. The van der Waals surface area contributed by atoms with Crippen molar-refractivity contribution in [3.8, 4) is 5.88 Å². The third-order valence-electron chi connectivity index (χ3n) is 4.58. The molecule has 1 aromatic carbocycles. The van der Waals surface area contributed by atoms with Gasteiger partial charge in [-0.15, -0.1) is 0 Å². The van der Waals surface area contributed by atoms with Crippen LogP contribution in [0.5, 0.6) is 5.88 Å². The summed E-state index contributed by atoms with van der Waals surface area (Å²) in [6.45, 7) is 3.63. The first-order valence-electron chi connectivity index (χ1n) is 8.49. The number of benzene rings is 1. The monoisotopic (exact) mass is 383 g/mol. The molecule has 1 unspecified atom stereocenters. The Morgan fingerprint density at radius 2 is 2.07 bits per heavy atom. The summed E-state index contributed by atoms with van der Waals surface area (Å²) in [6, 6.07) is 7.69. The highest BCUT2D eigenvalue weighted by Gasteiger charge is 2.38. The molecular weight excluding hydrogens is 366 g/mol. The van der Waals surface area contributed by atoms with Crippen LogP contribution < -0.4 is 10.3 Å². The molecule has 0 amide bonds. The number of carbonyl (C=O) groups excluding carboxylic acids is 1. The fourth-order valence-corrected chi connectivity index (χ4v) is 3.67. The number of para-hydroxylation sites is 1. The summed E-state index contributed by atoms with van der Waals surface area (Å²) in [4.78, 5) is 34.1. The number of fused-ring (bicyclic) bond motifs is 2. The van der Waals surface area contributed by atoms with Gasteiger partial charge in [-0.3, -0.25) is 9.78 Å². The average molecular weight is 383 g/mol. The van der Waals surface area contributed by atoms with Crippen LogP contribution in [-0.2, 0) is 9.53 Å². The van der Waals surface area contributed by atoms with Crippen molar-refractivity contribution in [2.75, 3.05) is 6.61 Å². The molecule has 0 fully saturated rings. The van der Waals surface area contributed by atoms with Gasteiger partial charge in [0.25, 0.3) is 5.56 Å². The van der Waals surface area contributed by atoms with E-state index in [0.717, 1.165) is 16.5 Å². The number of aromatic amines is 3. The van der Waals surface area contributed by atoms with Gasteiger partial charge in [0.05, 0.1) is 23.7 Å². The topological polar surface area (TPSA) is 100.0 Å². The van der Waals surface area contributed by atoms with E-state index in [4.69, 9.17) is 21.7 Å². The first-order chi connectivity index (χ1) is 13.0. The van der Waals surface area contributed by atoms with Gasteiger partial charge in [-0.05, 0) is 37.7 Å². The summed E-state index contributed by atoms with van der Waals surface area (Å²) < 4.78 is 11.1. The lowest BCUT2D eigenvalue weighted by molar-refractivity contribution is -0.139. The molecule has 0 saturated heterocycles. The smallest absolute Gasteiger partial charge is 0.338 e. The Morgan fingerprint density at radius 3 is 2.85 bits per heavy atom. The van der Waals surface area contributed by atoms with Crippen molar-refractivity contribution < 1.29 is 14.3 Å². The van der Waals surface area contributed by atoms with Crippen LogP contribution in [0.15, 0.2) is 46.6 Å². The van der Waals surface area contributed by atoms with Crippen molar-refractivity contribution in [3.63, 3.8) is 0 Å². The lowest BCUT2D eigenvalue weighted by Crippen LogP contribution is -2.29. The second-order valence-electron chi connectivity index (χ2n) is 6.17. The number of ether oxygens (including phenoxy) is 2. The van der Waals surface area contributed by atoms with Crippen LogP contribution in [-0.4, -0.2) is 27.5 Å². The number of hydrogen-bond donors (Lipinski definition) is 3. The predicted molar refractivity (Wildman–Crippen MR) is 102 cm³/mol. The first kappa shape index (κ1) is 17.3. The Balaban J connectivity index is 2.04. The molecule has 0 bridgehead atoms. The normalized spacial score (nSPS) is 16.1. The molecule has 27 heavy (non-hydrogen) atoms. The summed E-state index contributed by atoms with van der Waals surface area (Å²) in [6.07, 6.45) is 1.80. The van der Waals surface area contributed by atoms with Crippen LogP contribution in [0.3, 0.4) is 0 Å². The van der Waals surface area contributed by atoms with E-state index >= 15 is 0 Å². The van der Waals surface area contributed by atoms with Crippen molar-refractivity contribution in [2.45, 2.75) is 19.8 Å².